The Morgan fingerprint density at radius 3 is 2.87 bits per heavy atom. The van der Waals surface area contributed by atoms with E-state index >= 15 is 0 Å². The van der Waals surface area contributed by atoms with E-state index in [1.165, 1.54) is 12.8 Å². The summed E-state index contributed by atoms with van der Waals surface area (Å²) >= 11 is 3.47. The van der Waals surface area contributed by atoms with Crippen LogP contribution < -0.4 is 10.5 Å². The Hall–Kier alpha value is -0.540. The Morgan fingerprint density at radius 2 is 2.27 bits per heavy atom. The number of nitrogens with two attached hydrogens (primary N) is 1. The van der Waals surface area contributed by atoms with Crippen LogP contribution in [-0.2, 0) is 0 Å². The van der Waals surface area contributed by atoms with Gasteiger partial charge in [-0.05, 0) is 43.9 Å². The first-order chi connectivity index (χ1) is 7.22. The highest BCUT2D eigenvalue weighted by atomic mass is 79.9. The molecule has 0 radical (unpaired) electrons. The predicted octanol–water partition coefficient (Wildman–Crippen LogP) is 3.26. The summed E-state index contributed by atoms with van der Waals surface area (Å²) in [4.78, 5) is 0. The van der Waals surface area contributed by atoms with E-state index in [4.69, 9.17) is 10.5 Å². The summed E-state index contributed by atoms with van der Waals surface area (Å²) in [7, 11) is 0. The van der Waals surface area contributed by atoms with Crippen molar-refractivity contribution in [3.05, 3.63) is 28.2 Å². The van der Waals surface area contributed by atoms with E-state index in [-0.39, 0.29) is 6.04 Å². The van der Waals surface area contributed by atoms with Crippen molar-refractivity contribution < 1.29 is 4.74 Å². The molecule has 0 bridgehead atoms. The molecule has 2 N–H and O–H groups in total. The van der Waals surface area contributed by atoms with Crippen molar-refractivity contribution in [3.8, 4) is 5.75 Å². The predicted molar refractivity (Wildman–Crippen MR) is 65.0 cm³/mol. The van der Waals surface area contributed by atoms with Crippen LogP contribution >= 0.6 is 15.9 Å². The molecule has 0 heterocycles. The van der Waals surface area contributed by atoms with Gasteiger partial charge in [-0.3, -0.25) is 0 Å². The second-order valence-corrected chi connectivity index (χ2v) is 4.89. The lowest BCUT2D eigenvalue weighted by molar-refractivity contribution is 0.332. The average Bonchev–Trinajstić information content (AvgIpc) is 3.03. The Bertz CT molecular complexity index is 349. The Balaban J connectivity index is 2.28. The van der Waals surface area contributed by atoms with Gasteiger partial charge in [-0.2, -0.15) is 0 Å². The third kappa shape index (κ3) is 2.52. The second kappa shape index (κ2) is 4.54. The molecule has 1 aliphatic carbocycles. The van der Waals surface area contributed by atoms with Gasteiger partial charge in [0.25, 0.3) is 0 Å². The summed E-state index contributed by atoms with van der Waals surface area (Å²) in [5.41, 5.74) is 7.33. The van der Waals surface area contributed by atoms with E-state index in [2.05, 4.69) is 22.0 Å². The van der Waals surface area contributed by atoms with Gasteiger partial charge in [0.05, 0.1) is 6.61 Å². The van der Waals surface area contributed by atoms with E-state index in [0.717, 1.165) is 15.8 Å². The van der Waals surface area contributed by atoms with Crippen molar-refractivity contribution in [2.75, 3.05) is 6.61 Å². The number of rotatable bonds is 4. The number of hydrogen-bond acceptors (Lipinski definition) is 2. The maximum atomic E-state index is 6.20. The third-order valence-electron chi connectivity index (χ3n) is 2.76. The van der Waals surface area contributed by atoms with Crippen LogP contribution in [0.25, 0.3) is 0 Å². The minimum absolute atomic E-state index is 0.129. The third-order valence-corrected chi connectivity index (χ3v) is 3.25. The van der Waals surface area contributed by atoms with Crippen LogP contribution in [0.4, 0.5) is 0 Å². The molecule has 82 valence electrons. The van der Waals surface area contributed by atoms with Gasteiger partial charge in [0, 0.05) is 16.1 Å². The van der Waals surface area contributed by atoms with Gasteiger partial charge in [0.1, 0.15) is 5.75 Å². The van der Waals surface area contributed by atoms with E-state index in [1.807, 2.05) is 19.1 Å². The lowest BCUT2D eigenvalue weighted by Crippen LogP contribution is -2.14. The van der Waals surface area contributed by atoms with E-state index in [9.17, 15) is 0 Å². The highest BCUT2D eigenvalue weighted by Crippen LogP contribution is 2.42. The molecule has 1 aromatic rings. The largest absolute Gasteiger partial charge is 0.494 e. The molecule has 0 saturated heterocycles. The molecular formula is C12H16BrNO. The first-order valence-corrected chi connectivity index (χ1v) is 6.19. The van der Waals surface area contributed by atoms with Gasteiger partial charge in [-0.1, -0.05) is 15.9 Å². The molecule has 1 fully saturated rings. The molecule has 3 heteroatoms. The fourth-order valence-corrected chi connectivity index (χ4v) is 2.15. The van der Waals surface area contributed by atoms with Gasteiger partial charge in [0.2, 0.25) is 0 Å². The van der Waals surface area contributed by atoms with Crippen molar-refractivity contribution in [2.24, 2.45) is 11.7 Å². The van der Waals surface area contributed by atoms with Crippen LogP contribution in [0.2, 0.25) is 0 Å². The molecular weight excluding hydrogens is 254 g/mol. The SMILES string of the molecule is CCOc1ccc(Br)cc1[C@H](N)C1CC1. The Kier molecular flexibility index (Phi) is 3.32. The van der Waals surface area contributed by atoms with Crippen LogP contribution in [0.1, 0.15) is 31.4 Å². The second-order valence-electron chi connectivity index (χ2n) is 3.98. The number of ether oxygens (including phenoxy) is 1. The summed E-state index contributed by atoms with van der Waals surface area (Å²) in [6.45, 7) is 2.68. The molecule has 2 nitrogen and oxygen atoms in total. The highest BCUT2D eigenvalue weighted by molar-refractivity contribution is 9.10. The lowest BCUT2D eigenvalue weighted by atomic mass is 10.0. The highest BCUT2D eigenvalue weighted by Gasteiger charge is 2.31. The first kappa shape index (κ1) is 11.0. The first-order valence-electron chi connectivity index (χ1n) is 5.40. The average molecular weight is 270 g/mol. The minimum Gasteiger partial charge on any atom is -0.494 e. The topological polar surface area (TPSA) is 35.2 Å². The molecule has 1 atom stereocenters. The summed E-state index contributed by atoms with van der Waals surface area (Å²) in [5, 5.41) is 0. The molecule has 0 amide bonds. The standard InChI is InChI=1S/C12H16BrNO/c1-2-15-11-6-5-9(13)7-10(11)12(14)8-3-4-8/h5-8,12H,2-4,14H2,1H3/t12-/m1/s1. The zero-order valence-electron chi connectivity index (χ0n) is 8.87. The molecule has 1 saturated carbocycles. The van der Waals surface area contributed by atoms with Gasteiger partial charge >= 0.3 is 0 Å². The molecule has 2 rings (SSSR count). The summed E-state index contributed by atoms with van der Waals surface area (Å²) in [5.74, 6) is 1.58. The van der Waals surface area contributed by atoms with E-state index in [0.29, 0.717) is 12.5 Å². The molecule has 0 spiro atoms. The quantitative estimate of drug-likeness (QED) is 0.911. The summed E-state index contributed by atoms with van der Waals surface area (Å²) in [6, 6.07) is 6.19. The minimum atomic E-state index is 0.129. The normalized spacial score (nSPS) is 17.5. The van der Waals surface area contributed by atoms with Gasteiger partial charge in [-0.15, -0.1) is 0 Å². The van der Waals surface area contributed by atoms with Crippen molar-refractivity contribution in [1.29, 1.82) is 0 Å². The lowest BCUT2D eigenvalue weighted by Gasteiger charge is -2.16. The van der Waals surface area contributed by atoms with Gasteiger partial charge in [0.15, 0.2) is 0 Å². The molecule has 0 aromatic heterocycles. The molecule has 1 aliphatic rings. The van der Waals surface area contributed by atoms with Crippen molar-refractivity contribution in [1.82, 2.24) is 0 Å². The van der Waals surface area contributed by atoms with E-state index < -0.39 is 0 Å². The monoisotopic (exact) mass is 269 g/mol. The maximum absolute atomic E-state index is 6.20. The number of halogens is 1. The van der Waals surface area contributed by atoms with E-state index in [1.54, 1.807) is 0 Å². The maximum Gasteiger partial charge on any atom is 0.124 e. The van der Waals surface area contributed by atoms with Gasteiger partial charge in [-0.25, -0.2) is 0 Å². The van der Waals surface area contributed by atoms with Crippen molar-refractivity contribution in [3.63, 3.8) is 0 Å². The Labute approximate surface area is 98.9 Å². The zero-order chi connectivity index (χ0) is 10.8. The van der Waals surface area contributed by atoms with Crippen LogP contribution in [-0.4, -0.2) is 6.61 Å². The molecule has 0 aliphatic heterocycles. The number of benzene rings is 1. The molecule has 1 aromatic carbocycles. The fraction of sp³-hybridized carbons (Fsp3) is 0.500. The van der Waals surface area contributed by atoms with Crippen molar-refractivity contribution in [2.45, 2.75) is 25.8 Å². The Morgan fingerprint density at radius 1 is 1.53 bits per heavy atom. The van der Waals surface area contributed by atoms with Crippen LogP contribution in [0.15, 0.2) is 22.7 Å². The molecule has 15 heavy (non-hydrogen) atoms. The van der Waals surface area contributed by atoms with Crippen LogP contribution in [0.3, 0.4) is 0 Å². The van der Waals surface area contributed by atoms with Crippen LogP contribution in [0, 0.1) is 5.92 Å². The number of hydrogen-bond donors (Lipinski definition) is 1. The molecule has 0 unspecified atom stereocenters. The van der Waals surface area contributed by atoms with Crippen molar-refractivity contribution >= 4 is 15.9 Å². The summed E-state index contributed by atoms with van der Waals surface area (Å²) < 4.78 is 6.66. The fourth-order valence-electron chi connectivity index (χ4n) is 1.78. The van der Waals surface area contributed by atoms with Crippen LogP contribution in [0.5, 0.6) is 5.75 Å². The summed E-state index contributed by atoms with van der Waals surface area (Å²) in [6.07, 6.45) is 2.50. The van der Waals surface area contributed by atoms with Gasteiger partial charge < -0.3 is 10.5 Å². The zero-order valence-corrected chi connectivity index (χ0v) is 10.5. The smallest absolute Gasteiger partial charge is 0.124 e.